The van der Waals surface area contributed by atoms with Gasteiger partial charge in [-0.15, -0.1) is 0 Å². The molecular weight excluding hydrogens is 314 g/mol. The molecule has 1 aromatic carbocycles. The number of nitrogens with zero attached hydrogens (tertiary/aromatic N) is 1. The average molecular weight is 343 g/mol. The normalized spacial score (nSPS) is 20.1. The molecule has 1 heterocycles. The molecule has 2 amide bonds. The monoisotopic (exact) mass is 343 g/mol. The van der Waals surface area contributed by atoms with Crippen molar-refractivity contribution in [2.45, 2.75) is 58.5 Å². The molecule has 1 aliphatic carbocycles. The van der Waals surface area contributed by atoms with Crippen LogP contribution in [0.5, 0.6) is 0 Å². The molecule has 1 atom stereocenters. The number of carbonyl (C=O) groups excluding carboxylic acids is 2. The summed E-state index contributed by atoms with van der Waals surface area (Å²) in [5, 5.41) is 6.25. The Kier molecular flexibility index (Phi) is 5.42. The summed E-state index contributed by atoms with van der Waals surface area (Å²) in [6, 6.07) is 6.13. The van der Waals surface area contributed by atoms with Gasteiger partial charge < -0.3 is 10.6 Å². The Morgan fingerprint density at radius 2 is 1.68 bits per heavy atom. The van der Waals surface area contributed by atoms with Gasteiger partial charge in [0.1, 0.15) is 0 Å². The Bertz CT molecular complexity index is 626. The third-order valence-corrected chi connectivity index (χ3v) is 5.48. The average Bonchev–Trinajstić information content (AvgIpc) is 3.43. The van der Waals surface area contributed by atoms with Gasteiger partial charge in [0, 0.05) is 30.7 Å². The number of benzene rings is 1. The van der Waals surface area contributed by atoms with Crippen LogP contribution in [0, 0.1) is 19.8 Å². The first-order valence-corrected chi connectivity index (χ1v) is 9.37. The molecule has 0 radical (unpaired) electrons. The van der Waals surface area contributed by atoms with Crippen LogP contribution in [0.15, 0.2) is 18.2 Å². The van der Waals surface area contributed by atoms with E-state index in [4.69, 9.17) is 0 Å². The largest absolute Gasteiger partial charge is 0.353 e. The second-order valence-corrected chi connectivity index (χ2v) is 7.53. The molecule has 2 N–H and O–H groups in total. The molecule has 1 saturated carbocycles. The van der Waals surface area contributed by atoms with E-state index in [2.05, 4.69) is 15.5 Å². The van der Waals surface area contributed by atoms with Gasteiger partial charge in [-0.2, -0.15) is 0 Å². The van der Waals surface area contributed by atoms with Crippen LogP contribution < -0.4 is 10.6 Å². The summed E-state index contributed by atoms with van der Waals surface area (Å²) < 4.78 is 0. The fourth-order valence-electron chi connectivity index (χ4n) is 3.50. The van der Waals surface area contributed by atoms with Gasteiger partial charge in [-0.25, -0.2) is 0 Å². The Morgan fingerprint density at radius 3 is 2.24 bits per heavy atom. The first kappa shape index (κ1) is 17.9. The smallest absolute Gasteiger partial charge is 0.241 e. The number of hydrogen-bond acceptors (Lipinski definition) is 3. The zero-order valence-electron chi connectivity index (χ0n) is 15.5. The number of likely N-dealkylation sites (tertiary alicyclic amines) is 1. The van der Waals surface area contributed by atoms with Crippen molar-refractivity contribution in [3.05, 3.63) is 29.3 Å². The lowest BCUT2D eigenvalue weighted by atomic mass is 10.0. The van der Waals surface area contributed by atoms with Gasteiger partial charge in [-0.1, -0.05) is 18.2 Å². The first-order chi connectivity index (χ1) is 12.0. The topological polar surface area (TPSA) is 61.4 Å². The van der Waals surface area contributed by atoms with Gasteiger partial charge >= 0.3 is 0 Å². The van der Waals surface area contributed by atoms with Gasteiger partial charge in [0.2, 0.25) is 11.8 Å². The number of amides is 2. The minimum atomic E-state index is -0.168. The predicted molar refractivity (Wildman–Crippen MR) is 99.5 cm³/mol. The second kappa shape index (κ2) is 7.56. The van der Waals surface area contributed by atoms with Crippen LogP contribution in [0.1, 0.15) is 43.7 Å². The molecule has 136 valence electrons. The number of piperidine rings is 1. The summed E-state index contributed by atoms with van der Waals surface area (Å²) >= 11 is 0. The molecule has 5 heteroatoms. The molecule has 0 aromatic heterocycles. The third-order valence-electron chi connectivity index (χ3n) is 5.48. The van der Waals surface area contributed by atoms with Crippen molar-refractivity contribution in [2.24, 2.45) is 5.92 Å². The summed E-state index contributed by atoms with van der Waals surface area (Å²) in [7, 11) is 0. The van der Waals surface area contributed by atoms with Crippen molar-refractivity contribution < 1.29 is 9.59 Å². The van der Waals surface area contributed by atoms with Crippen LogP contribution in [-0.2, 0) is 9.59 Å². The van der Waals surface area contributed by atoms with Crippen molar-refractivity contribution >= 4 is 17.5 Å². The van der Waals surface area contributed by atoms with Crippen molar-refractivity contribution in [1.29, 1.82) is 0 Å². The molecule has 25 heavy (non-hydrogen) atoms. The maximum Gasteiger partial charge on any atom is 0.241 e. The molecule has 1 saturated heterocycles. The third kappa shape index (κ3) is 4.40. The van der Waals surface area contributed by atoms with E-state index in [1.807, 2.05) is 39.0 Å². The fraction of sp³-hybridized carbons (Fsp3) is 0.600. The van der Waals surface area contributed by atoms with E-state index in [0.717, 1.165) is 55.6 Å². The summed E-state index contributed by atoms with van der Waals surface area (Å²) in [5.41, 5.74) is 3.09. The molecule has 0 bridgehead atoms. The van der Waals surface area contributed by atoms with Crippen LogP contribution in [0.3, 0.4) is 0 Å². The second-order valence-electron chi connectivity index (χ2n) is 7.53. The number of carbonyl (C=O) groups is 2. The Morgan fingerprint density at radius 1 is 1.08 bits per heavy atom. The number of para-hydroxylation sites is 1. The predicted octanol–water partition coefficient (Wildman–Crippen LogP) is 2.62. The number of rotatable bonds is 5. The standard InChI is InChI=1S/C20H29N3O2/c1-13-5-4-6-14(2)18(13)22-19(24)15(3)23-11-9-17(10-12-23)21-20(25)16-7-8-16/h4-6,15-17H,7-12H2,1-3H3,(H,21,25)(H,22,24). The summed E-state index contributed by atoms with van der Waals surface area (Å²) in [5.74, 6) is 0.525. The van der Waals surface area contributed by atoms with E-state index in [-0.39, 0.29) is 29.8 Å². The van der Waals surface area contributed by atoms with Crippen LogP contribution >= 0.6 is 0 Å². The highest BCUT2D eigenvalue weighted by Crippen LogP contribution is 2.29. The van der Waals surface area contributed by atoms with E-state index in [1.54, 1.807) is 0 Å². The first-order valence-electron chi connectivity index (χ1n) is 9.37. The molecule has 5 nitrogen and oxygen atoms in total. The van der Waals surface area contributed by atoms with Gasteiger partial charge in [0.15, 0.2) is 0 Å². The molecule has 0 spiro atoms. The summed E-state index contributed by atoms with van der Waals surface area (Å²) in [4.78, 5) is 26.7. The van der Waals surface area contributed by atoms with E-state index >= 15 is 0 Å². The summed E-state index contributed by atoms with van der Waals surface area (Å²) in [6.45, 7) is 7.68. The lowest BCUT2D eigenvalue weighted by molar-refractivity contribution is -0.124. The highest BCUT2D eigenvalue weighted by atomic mass is 16.2. The van der Waals surface area contributed by atoms with Gasteiger partial charge in [-0.3, -0.25) is 14.5 Å². The van der Waals surface area contributed by atoms with Crippen molar-refractivity contribution in [1.82, 2.24) is 10.2 Å². The lowest BCUT2D eigenvalue weighted by Crippen LogP contribution is -2.50. The Balaban J connectivity index is 1.50. The zero-order chi connectivity index (χ0) is 18.0. The van der Waals surface area contributed by atoms with Crippen LogP contribution in [0.4, 0.5) is 5.69 Å². The lowest BCUT2D eigenvalue weighted by Gasteiger charge is -2.35. The van der Waals surface area contributed by atoms with E-state index in [9.17, 15) is 9.59 Å². The molecule has 1 unspecified atom stereocenters. The highest BCUT2D eigenvalue weighted by Gasteiger charge is 2.33. The van der Waals surface area contributed by atoms with Crippen LogP contribution in [0.25, 0.3) is 0 Å². The van der Waals surface area contributed by atoms with Crippen molar-refractivity contribution in [2.75, 3.05) is 18.4 Å². The van der Waals surface area contributed by atoms with Crippen LogP contribution in [-0.4, -0.2) is 41.9 Å². The van der Waals surface area contributed by atoms with Crippen molar-refractivity contribution in [3.63, 3.8) is 0 Å². The zero-order valence-corrected chi connectivity index (χ0v) is 15.5. The Labute approximate surface area is 150 Å². The molecule has 2 aliphatic rings. The molecule has 2 fully saturated rings. The molecule has 1 aliphatic heterocycles. The number of anilines is 1. The van der Waals surface area contributed by atoms with Crippen molar-refractivity contribution in [3.8, 4) is 0 Å². The van der Waals surface area contributed by atoms with Gasteiger partial charge in [0.25, 0.3) is 0 Å². The highest BCUT2D eigenvalue weighted by molar-refractivity contribution is 5.95. The number of hydrogen-bond donors (Lipinski definition) is 2. The molecule has 1 aromatic rings. The number of nitrogens with one attached hydrogen (secondary N) is 2. The van der Waals surface area contributed by atoms with E-state index in [0.29, 0.717) is 0 Å². The van der Waals surface area contributed by atoms with Crippen LogP contribution in [0.2, 0.25) is 0 Å². The fourth-order valence-corrected chi connectivity index (χ4v) is 3.50. The minimum Gasteiger partial charge on any atom is -0.353 e. The molecule has 3 rings (SSSR count). The van der Waals surface area contributed by atoms with E-state index in [1.165, 1.54) is 0 Å². The van der Waals surface area contributed by atoms with Gasteiger partial charge in [-0.05, 0) is 57.6 Å². The Hall–Kier alpha value is -1.88. The quantitative estimate of drug-likeness (QED) is 0.864. The van der Waals surface area contributed by atoms with Gasteiger partial charge in [0.05, 0.1) is 6.04 Å². The maximum atomic E-state index is 12.7. The minimum absolute atomic E-state index is 0.0397. The molecular formula is C20H29N3O2. The SMILES string of the molecule is Cc1cccc(C)c1NC(=O)C(C)N1CCC(NC(=O)C2CC2)CC1. The summed E-state index contributed by atoms with van der Waals surface area (Å²) in [6.07, 6.45) is 3.92. The maximum absolute atomic E-state index is 12.7. The van der Waals surface area contributed by atoms with E-state index < -0.39 is 0 Å². The number of aryl methyl sites for hydroxylation is 2.